The van der Waals surface area contributed by atoms with Crippen LogP contribution in [-0.4, -0.2) is 50.0 Å². The van der Waals surface area contributed by atoms with Gasteiger partial charge < -0.3 is 19.7 Å². The van der Waals surface area contributed by atoms with Crippen LogP contribution in [0.5, 0.6) is 5.75 Å². The summed E-state index contributed by atoms with van der Waals surface area (Å²) >= 11 is 0. The number of methoxy groups -OCH3 is 1. The van der Waals surface area contributed by atoms with E-state index in [1.807, 2.05) is 17.9 Å². The molecule has 0 aromatic heterocycles. The van der Waals surface area contributed by atoms with E-state index in [0.29, 0.717) is 31.5 Å². The van der Waals surface area contributed by atoms with Gasteiger partial charge in [0.15, 0.2) is 0 Å². The Morgan fingerprint density at radius 2 is 2.10 bits per heavy atom. The normalized spacial score (nSPS) is 23.9. The number of alkyl halides is 3. The summed E-state index contributed by atoms with van der Waals surface area (Å²) in [6.07, 6.45) is -3.18. The Bertz CT molecular complexity index is 814. The van der Waals surface area contributed by atoms with E-state index in [4.69, 9.17) is 0 Å². The molecule has 0 bridgehead atoms. The quantitative estimate of drug-likeness (QED) is 0.749. The summed E-state index contributed by atoms with van der Waals surface area (Å²) < 4.78 is 46.8. The first kappa shape index (κ1) is 22.2. The third-order valence-corrected chi connectivity index (χ3v) is 6.32. The molecule has 1 N–H and O–H groups in total. The molecule has 1 aromatic rings. The summed E-state index contributed by atoms with van der Waals surface area (Å²) in [5.74, 6) is -0.304. The van der Waals surface area contributed by atoms with Gasteiger partial charge in [-0.05, 0) is 49.3 Å². The Morgan fingerprint density at radius 3 is 2.70 bits per heavy atom. The molecule has 6 nitrogen and oxygen atoms in total. The second-order valence-corrected chi connectivity index (χ2v) is 8.10. The maximum atomic E-state index is 12.9. The van der Waals surface area contributed by atoms with E-state index in [1.54, 1.807) is 13.0 Å². The Balaban J connectivity index is 1.66. The number of fused-ring (bicyclic) bond motifs is 1. The number of carbonyl (C=O) groups excluding carboxylic acids is 2. The van der Waals surface area contributed by atoms with Gasteiger partial charge in [-0.2, -0.15) is 0 Å². The molecular formula is C21H27F3N2O4. The molecule has 1 aromatic carbocycles. The number of hydrogen-bond acceptors (Lipinski definition) is 4. The lowest BCUT2D eigenvalue weighted by atomic mass is 9.86. The molecule has 3 rings (SSSR count). The van der Waals surface area contributed by atoms with Gasteiger partial charge in [0, 0.05) is 25.0 Å². The maximum absolute atomic E-state index is 12.9. The number of rotatable bonds is 6. The highest BCUT2D eigenvalue weighted by atomic mass is 19.4. The predicted molar refractivity (Wildman–Crippen MR) is 103 cm³/mol. The van der Waals surface area contributed by atoms with Crippen molar-refractivity contribution in [2.45, 2.75) is 44.9 Å². The smallest absolute Gasteiger partial charge is 0.453 e. The molecule has 9 heteroatoms. The number of alkyl carbamates (subject to hydrolysis) is 1. The molecule has 166 valence electrons. The van der Waals surface area contributed by atoms with Crippen LogP contribution in [0, 0.1) is 18.8 Å². The molecule has 3 unspecified atom stereocenters. The van der Waals surface area contributed by atoms with Gasteiger partial charge in [0.25, 0.3) is 0 Å². The molecule has 2 fully saturated rings. The van der Waals surface area contributed by atoms with Gasteiger partial charge in [-0.3, -0.25) is 4.79 Å². The average molecular weight is 428 g/mol. The molecule has 0 spiro atoms. The third-order valence-electron chi connectivity index (χ3n) is 6.32. The highest BCUT2D eigenvalue weighted by Crippen LogP contribution is 2.59. The first-order chi connectivity index (χ1) is 14.1. The Labute approximate surface area is 173 Å². The lowest BCUT2D eigenvalue weighted by Crippen LogP contribution is -2.46. The zero-order chi connectivity index (χ0) is 22.1. The van der Waals surface area contributed by atoms with Gasteiger partial charge in [0.1, 0.15) is 5.75 Å². The van der Waals surface area contributed by atoms with Gasteiger partial charge in [0.2, 0.25) is 5.91 Å². The predicted octanol–water partition coefficient (Wildman–Crippen LogP) is 3.77. The van der Waals surface area contributed by atoms with E-state index in [2.05, 4.69) is 14.8 Å². The molecule has 30 heavy (non-hydrogen) atoms. The average Bonchev–Trinajstić information content (AvgIpc) is 3.43. The number of likely N-dealkylation sites (tertiary alicyclic amines) is 1. The van der Waals surface area contributed by atoms with E-state index in [9.17, 15) is 22.8 Å². The van der Waals surface area contributed by atoms with Gasteiger partial charge in [-0.1, -0.05) is 19.1 Å². The zero-order valence-electron chi connectivity index (χ0n) is 17.3. The van der Waals surface area contributed by atoms with Gasteiger partial charge in [-0.15, -0.1) is 13.2 Å². The first-order valence-electron chi connectivity index (χ1n) is 10.1. The monoisotopic (exact) mass is 428 g/mol. The number of nitrogens with zero attached hydrogens (tertiary/aromatic N) is 1. The molecule has 3 atom stereocenters. The van der Waals surface area contributed by atoms with Crippen molar-refractivity contribution in [3.63, 3.8) is 0 Å². The highest BCUT2D eigenvalue weighted by molar-refractivity contribution is 5.80. The van der Waals surface area contributed by atoms with Crippen LogP contribution in [0.15, 0.2) is 18.2 Å². The van der Waals surface area contributed by atoms with Crippen molar-refractivity contribution in [3.05, 3.63) is 29.3 Å². The standard InChI is InChI=1S/C21H27F3N2O4/c1-4-14(11-25-19(28)29-3)18(27)26-8-7-20(10-16(20)12-26)15-6-5-13(2)17(9-15)30-21(22,23)24/h5-6,9,14,16H,4,7-8,10-12H2,1-3H3,(H,25,28). The van der Waals surface area contributed by atoms with Crippen LogP contribution < -0.4 is 10.1 Å². The number of ether oxygens (including phenoxy) is 2. The Kier molecular flexibility index (Phi) is 6.19. The van der Waals surface area contributed by atoms with Crippen molar-refractivity contribution in [3.8, 4) is 5.75 Å². The van der Waals surface area contributed by atoms with Crippen LogP contribution in [0.1, 0.15) is 37.3 Å². The topological polar surface area (TPSA) is 67.9 Å². The van der Waals surface area contributed by atoms with Gasteiger partial charge in [-0.25, -0.2) is 4.79 Å². The van der Waals surface area contributed by atoms with E-state index >= 15 is 0 Å². The summed E-state index contributed by atoms with van der Waals surface area (Å²) in [5, 5.41) is 2.57. The minimum atomic E-state index is -4.73. The Morgan fingerprint density at radius 1 is 1.37 bits per heavy atom. The van der Waals surface area contributed by atoms with Crippen molar-refractivity contribution in [2.75, 3.05) is 26.7 Å². The molecule has 0 radical (unpaired) electrons. The fourth-order valence-corrected chi connectivity index (χ4v) is 4.40. The Hall–Kier alpha value is -2.45. The van der Waals surface area contributed by atoms with E-state index in [0.717, 1.165) is 12.0 Å². The molecule has 2 aliphatic rings. The minimum Gasteiger partial charge on any atom is -0.453 e. The molecule has 1 aliphatic heterocycles. The van der Waals surface area contributed by atoms with Crippen LogP contribution in [-0.2, 0) is 14.9 Å². The lowest BCUT2D eigenvalue weighted by molar-refractivity contribution is -0.274. The molecule has 1 heterocycles. The second kappa shape index (κ2) is 8.35. The summed E-state index contributed by atoms with van der Waals surface area (Å²) in [5.41, 5.74) is 1.07. The number of benzene rings is 1. The SMILES string of the molecule is CCC(CNC(=O)OC)C(=O)N1CCC2(c3ccc(C)c(OC(F)(F)F)c3)CC2C1. The first-order valence-corrected chi connectivity index (χ1v) is 10.1. The van der Waals surface area contributed by atoms with Crippen LogP contribution in [0.2, 0.25) is 0 Å². The second-order valence-electron chi connectivity index (χ2n) is 8.10. The summed E-state index contributed by atoms with van der Waals surface area (Å²) in [7, 11) is 1.27. The number of hydrogen-bond donors (Lipinski definition) is 1. The number of halogens is 3. The molecule has 1 saturated heterocycles. The zero-order valence-corrected chi connectivity index (χ0v) is 17.3. The largest absolute Gasteiger partial charge is 0.573 e. The van der Waals surface area contributed by atoms with Crippen molar-refractivity contribution in [1.29, 1.82) is 0 Å². The van der Waals surface area contributed by atoms with Crippen molar-refractivity contribution in [1.82, 2.24) is 10.2 Å². The van der Waals surface area contributed by atoms with Gasteiger partial charge in [0.05, 0.1) is 13.0 Å². The van der Waals surface area contributed by atoms with Crippen LogP contribution in [0.4, 0.5) is 18.0 Å². The van der Waals surface area contributed by atoms with Crippen molar-refractivity contribution >= 4 is 12.0 Å². The fourth-order valence-electron chi connectivity index (χ4n) is 4.40. The summed E-state index contributed by atoms with van der Waals surface area (Å²) in [4.78, 5) is 26.0. The molecular weight excluding hydrogens is 401 g/mol. The number of piperidine rings is 1. The maximum Gasteiger partial charge on any atom is 0.573 e. The van der Waals surface area contributed by atoms with Crippen LogP contribution in [0.3, 0.4) is 0 Å². The third kappa shape index (κ3) is 4.65. The number of nitrogens with one attached hydrogen (secondary N) is 1. The summed E-state index contributed by atoms with van der Waals surface area (Å²) in [6, 6.07) is 5.02. The molecule has 1 aliphatic carbocycles. The van der Waals surface area contributed by atoms with E-state index in [1.165, 1.54) is 13.2 Å². The number of amides is 2. The minimum absolute atomic E-state index is 0.0144. The van der Waals surface area contributed by atoms with E-state index < -0.39 is 12.5 Å². The van der Waals surface area contributed by atoms with Crippen LogP contribution >= 0.6 is 0 Å². The van der Waals surface area contributed by atoms with Crippen molar-refractivity contribution < 1.29 is 32.2 Å². The number of aryl methyl sites for hydroxylation is 1. The van der Waals surface area contributed by atoms with Crippen molar-refractivity contribution in [2.24, 2.45) is 11.8 Å². The van der Waals surface area contributed by atoms with Crippen LogP contribution in [0.25, 0.3) is 0 Å². The van der Waals surface area contributed by atoms with Gasteiger partial charge >= 0.3 is 12.5 Å². The van der Waals surface area contributed by atoms with E-state index in [-0.39, 0.29) is 35.5 Å². The fraction of sp³-hybridized carbons (Fsp3) is 0.619. The molecule has 2 amide bonds. The number of carbonyl (C=O) groups is 2. The summed E-state index contributed by atoms with van der Waals surface area (Å²) in [6.45, 7) is 4.79. The molecule has 1 saturated carbocycles. The highest BCUT2D eigenvalue weighted by Gasteiger charge is 2.58. The lowest BCUT2D eigenvalue weighted by Gasteiger charge is -2.34.